The minimum Gasteiger partial charge on any atom is -0.782 e. The maximum absolute atomic E-state index is 13.2. The van der Waals surface area contributed by atoms with Crippen molar-refractivity contribution in [2.45, 2.75) is 0 Å². The number of amides is 1. The maximum Gasteiger partial charge on any atom is 0.258 e. The summed E-state index contributed by atoms with van der Waals surface area (Å²) < 4.78 is 0. The summed E-state index contributed by atoms with van der Waals surface area (Å²) in [6, 6.07) is 37.7. The predicted molar refractivity (Wildman–Crippen MR) is 140 cm³/mol. The van der Waals surface area contributed by atoms with Crippen LogP contribution < -0.4 is 21.2 Å². The Balaban J connectivity index is 1.93. The molecule has 0 unspecified atom stereocenters. The molecule has 5 heteroatoms. The predicted octanol–water partition coefficient (Wildman–Crippen LogP) is 5.41. The Labute approximate surface area is 199 Å². The number of hydrogen-bond donors (Lipinski definition) is 1. The van der Waals surface area contributed by atoms with E-state index in [2.05, 4.69) is 41.7 Å². The fourth-order valence-corrected chi connectivity index (χ4v) is 8.47. The highest BCUT2D eigenvalue weighted by molar-refractivity contribution is 7.99. The third-order valence-electron chi connectivity index (χ3n) is 5.25. The molecule has 0 bridgehead atoms. The summed E-state index contributed by atoms with van der Waals surface area (Å²) in [5, 5.41) is 8.71. The highest BCUT2D eigenvalue weighted by atomic mass is 35.5. The molecule has 1 amide bonds. The zero-order chi connectivity index (χ0) is 22.4. The third-order valence-corrected chi connectivity index (χ3v) is 10.1. The van der Waals surface area contributed by atoms with Crippen molar-refractivity contribution >= 4 is 53.3 Å². The van der Waals surface area contributed by atoms with Crippen LogP contribution >= 0.6 is 18.9 Å². The van der Waals surface area contributed by atoms with Crippen molar-refractivity contribution in [2.24, 2.45) is 0 Å². The van der Waals surface area contributed by atoms with Crippen LogP contribution in [0.1, 0.15) is 10.4 Å². The third kappa shape index (κ3) is 4.33. The lowest BCUT2D eigenvalue weighted by Gasteiger charge is -2.30. The largest absolute Gasteiger partial charge is 0.782 e. The molecule has 0 fully saturated rings. The molecule has 0 saturated heterocycles. The van der Waals surface area contributed by atoms with E-state index in [1.807, 2.05) is 54.6 Å². The molecule has 0 radical (unpaired) electrons. The van der Waals surface area contributed by atoms with Gasteiger partial charge < -0.3 is 12.6 Å². The van der Waals surface area contributed by atoms with Gasteiger partial charge in [-0.25, -0.2) is 0 Å². The van der Waals surface area contributed by atoms with Crippen molar-refractivity contribution in [2.75, 3.05) is 0 Å². The highest BCUT2D eigenvalue weighted by Gasteiger charge is 2.49. The normalized spacial score (nSPS) is 11.7. The fourth-order valence-electron chi connectivity index (χ4n) is 3.80. The topological polar surface area (TPSA) is 29.1 Å². The number of halogens is 1. The number of rotatable bonds is 6. The van der Waals surface area contributed by atoms with E-state index in [1.165, 1.54) is 0 Å². The van der Waals surface area contributed by atoms with Crippen LogP contribution in [0.3, 0.4) is 0 Å². The molecule has 0 saturated carbocycles. The molecular weight excluding hydrogens is 453 g/mol. The molecule has 0 aromatic heterocycles. The van der Waals surface area contributed by atoms with Gasteiger partial charge in [-0.05, 0) is 60.7 Å². The van der Waals surface area contributed by atoms with Gasteiger partial charge in [-0.15, -0.1) is 0 Å². The molecule has 0 aliphatic rings. The zero-order valence-corrected chi connectivity index (χ0v) is 19.7. The second kappa shape index (κ2) is 10.1. The first-order chi connectivity index (χ1) is 15.7. The van der Waals surface area contributed by atoms with E-state index < -0.39 is 7.26 Å². The molecule has 0 aliphatic carbocycles. The standard InChI is InChI=1S/C27H21ClNOPS/c28-22-18-16-21(17-19-22)27(30)29-26(20-32)31(23-10-4-1-5-11-23,24-12-6-2-7-13-24)25-14-8-3-9-15-25/h1-20H,(H-,29,30,32). The minimum absolute atomic E-state index is 0.218. The molecule has 0 aliphatic heterocycles. The van der Waals surface area contributed by atoms with Gasteiger partial charge in [0.2, 0.25) is 0 Å². The Bertz CT molecular complexity index is 1120. The summed E-state index contributed by atoms with van der Waals surface area (Å²) in [5.74, 6) is -0.218. The quantitative estimate of drug-likeness (QED) is 0.300. The van der Waals surface area contributed by atoms with Crippen LogP contribution in [0, 0.1) is 0 Å². The van der Waals surface area contributed by atoms with Gasteiger partial charge in [-0.3, -0.25) is 10.1 Å². The van der Waals surface area contributed by atoms with Gasteiger partial charge in [0.15, 0.2) is 12.7 Å². The average molecular weight is 474 g/mol. The minimum atomic E-state index is -2.45. The Hall–Kier alpha value is -2.97. The smallest absolute Gasteiger partial charge is 0.258 e. The summed E-state index contributed by atoms with van der Waals surface area (Å²) >= 11 is 11.5. The molecule has 4 aromatic carbocycles. The lowest BCUT2D eigenvalue weighted by Crippen LogP contribution is -2.38. The Morgan fingerprint density at radius 1 is 0.688 bits per heavy atom. The monoisotopic (exact) mass is 473 g/mol. The van der Waals surface area contributed by atoms with Crippen LogP contribution in [0.5, 0.6) is 0 Å². The van der Waals surface area contributed by atoms with Gasteiger partial charge in [0, 0.05) is 10.6 Å². The van der Waals surface area contributed by atoms with E-state index in [-0.39, 0.29) is 5.91 Å². The molecule has 0 spiro atoms. The first-order valence-corrected chi connectivity index (χ1v) is 12.8. The summed E-state index contributed by atoms with van der Waals surface area (Å²) in [5.41, 5.74) is 1.24. The lowest BCUT2D eigenvalue weighted by molar-refractivity contribution is 0.0968. The molecule has 4 aromatic rings. The number of carbonyl (C=O) groups excluding carboxylic acids is 1. The summed E-state index contributed by atoms with van der Waals surface area (Å²) in [7, 11) is -2.45. The number of carbonyl (C=O) groups is 1. The van der Waals surface area contributed by atoms with Gasteiger partial charge in [0.25, 0.3) is 5.91 Å². The van der Waals surface area contributed by atoms with Crippen molar-refractivity contribution in [1.82, 2.24) is 5.32 Å². The summed E-state index contributed by atoms with van der Waals surface area (Å²) in [6.45, 7) is 0. The van der Waals surface area contributed by atoms with Crippen molar-refractivity contribution in [3.05, 3.63) is 137 Å². The maximum atomic E-state index is 13.2. The Morgan fingerprint density at radius 3 is 1.47 bits per heavy atom. The zero-order valence-electron chi connectivity index (χ0n) is 17.2. The van der Waals surface area contributed by atoms with Crippen molar-refractivity contribution in [1.29, 1.82) is 0 Å². The van der Waals surface area contributed by atoms with Crippen LogP contribution in [-0.4, -0.2) is 5.91 Å². The SMILES string of the molecule is O=C(NC(=C[S-])[P+](c1ccccc1)(c1ccccc1)c1ccccc1)c1ccc(Cl)cc1. The summed E-state index contributed by atoms with van der Waals surface area (Å²) in [4.78, 5) is 13.2. The van der Waals surface area contributed by atoms with Crippen LogP contribution in [0.15, 0.2) is 126 Å². The Kier molecular flexibility index (Phi) is 7.02. The number of nitrogens with one attached hydrogen (secondary N) is 1. The average Bonchev–Trinajstić information content (AvgIpc) is 2.86. The molecule has 2 nitrogen and oxygen atoms in total. The van der Waals surface area contributed by atoms with Gasteiger partial charge in [0.1, 0.15) is 15.9 Å². The van der Waals surface area contributed by atoms with Gasteiger partial charge in [-0.2, -0.15) is 5.41 Å². The van der Waals surface area contributed by atoms with E-state index in [0.717, 1.165) is 21.4 Å². The summed E-state index contributed by atoms with van der Waals surface area (Å²) in [6.07, 6.45) is 0. The van der Waals surface area contributed by atoms with Gasteiger partial charge >= 0.3 is 0 Å². The molecule has 4 rings (SSSR count). The van der Waals surface area contributed by atoms with E-state index in [9.17, 15) is 4.79 Å². The Morgan fingerprint density at radius 2 is 1.09 bits per heavy atom. The van der Waals surface area contributed by atoms with E-state index in [4.69, 9.17) is 24.2 Å². The van der Waals surface area contributed by atoms with Gasteiger partial charge in [0.05, 0.1) is 0 Å². The first-order valence-electron chi connectivity index (χ1n) is 10.1. The van der Waals surface area contributed by atoms with Crippen LogP contribution in [0.25, 0.3) is 0 Å². The number of benzene rings is 4. The van der Waals surface area contributed by atoms with Crippen molar-refractivity contribution in [3.63, 3.8) is 0 Å². The molecule has 158 valence electrons. The van der Waals surface area contributed by atoms with Crippen LogP contribution in [0.2, 0.25) is 5.02 Å². The molecular formula is C27H21ClNOPS. The van der Waals surface area contributed by atoms with Crippen LogP contribution in [0.4, 0.5) is 0 Å². The number of hydrogen-bond acceptors (Lipinski definition) is 2. The molecule has 1 N–H and O–H groups in total. The van der Waals surface area contributed by atoms with Crippen LogP contribution in [-0.2, 0) is 12.6 Å². The van der Waals surface area contributed by atoms with E-state index in [1.54, 1.807) is 29.7 Å². The lowest BCUT2D eigenvalue weighted by atomic mass is 10.2. The highest BCUT2D eigenvalue weighted by Crippen LogP contribution is 2.61. The second-order valence-electron chi connectivity index (χ2n) is 7.14. The van der Waals surface area contributed by atoms with E-state index in [0.29, 0.717) is 10.6 Å². The van der Waals surface area contributed by atoms with Crippen molar-refractivity contribution < 1.29 is 4.79 Å². The van der Waals surface area contributed by atoms with Crippen molar-refractivity contribution in [3.8, 4) is 0 Å². The molecule has 0 atom stereocenters. The second-order valence-corrected chi connectivity index (χ2v) is 11.2. The van der Waals surface area contributed by atoms with Gasteiger partial charge in [-0.1, -0.05) is 66.2 Å². The fraction of sp³-hybridized carbons (Fsp3) is 0. The molecule has 32 heavy (non-hydrogen) atoms. The van der Waals surface area contributed by atoms with E-state index >= 15 is 0 Å². The molecule has 0 heterocycles. The first kappa shape index (κ1) is 22.2.